The van der Waals surface area contributed by atoms with Gasteiger partial charge in [0, 0.05) is 17.6 Å². The van der Waals surface area contributed by atoms with E-state index in [2.05, 4.69) is 23.1 Å². The first kappa shape index (κ1) is 12.0. The van der Waals surface area contributed by atoms with Crippen LogP contribution in [0.4, 0.5) is 0 Å². The van der Waals surface area contributed by atoms with E-state index in [4.69, 9.17) is 10.5 Å². The minimum absolute atomic E-state index is 0.0496. The van der Waals surface area contributed by atoms with Crippen LogP contribution in [0.2, 0.25) is 0 Å². The maximum absolute atomic E-state index is 6.28. The van der Waals surface area contributed by atoms with Crippen LogP contribution in [-0.2, 0) is 12.1 Å². The van der Waals surface area contributed by atoms with Gasteiger partial charge in [0.2, 0.25) is 0 Å². The SMILES string of the molecule is COc1ccc(C2(N)CC2)cc1CN1CCCC1. The van der Waals surface area contributed by atoms with Crippen LogP contribution in [0, 0.1) is 0 Å². The van der Waals surface area contributed by atoms with Gasteiger partial charge in [-0.25, -0.2) is 0 Å². The molecule has 2 N–H and O–H groups in total. The van der Waals surface area contributed by atoms with Gasteiger partial charge >= 0.3 is 0 Å². The predicted octanol–water partition coefficient (Wildman–Crippen LogP) is 2.24. The first-order valence-corrected chi connectivity index (χ1v) is 6.90. The number of ether oxygens (including phenoxy) is 1. The van der Waals surface area contributed by atoms with Crippen molar-refractivity contribution < 1.29 is 4.74 Å². The van der Waals surface area contributed by atoms with E-state index in [0.29, 0.717) is 0 Å². The summed E-state index contributed by atoms with van der Waals surface area (Å²) < 4.78 is 5.48. The third-order valence-electron chi connectivity index (χ3n) is 4.24. The lowest BCUT2D eigenvalue weighted by atomic mass is 10.0. The number of nitrogens with two attached hydrogens (primary N) is 1. The van der Waals surface area contributed by atoms with E-state index < -0.39 is 0 Å². The lowest BCUT2D eigenvalue weighted by Gasteiger charge is -2.19. The van der Waals surface area contributed by atoms with Crippen LogP contribution in [0.3, 0.4) is 0 Å². The standard InChI is InChI=1S/C15H22N2O/c1-18-14-5-4-13(15(16)6-7-15)10-12(14)11-17-8-2-3-9-17/h4-5,10H,2-3,6-9,11,16H2,1H3. The van der Waals surface area contributed by atoms with Gasteiger partial charge in [0.05, 0.1) is 7.11 Å². The molecule has 1 saturated carbocycles. The van der Waals surface area contributed by atoms with Gasteiger partial charge < -0.3 is 10.5 Å². The van der Waals surface area contributed by atoms with Crippen LogP contribution in [0.25, 0.3) is 0 Å². The highest BCUT2D eigenvalue weighted by Gasteiger charge is 2.40. The van der Waals surface area contributed by atoms with E-state index in [0.717, 1.165) is 25.1 Å². The average Bonchev–Trinajstić information content (AvgIpc) is 2.92. The molecule has 1 aromatic carbocycles. The highest BCUT2D eigenvalue weighted by Crippen LogP contribution is 2.43. The molecule has 2 fully saturated rings. The molecular weight excluding hydrogens is 224 g/mol. The summed E-state index contributed by atoms with van der Waals surface area (Å²) in [5, 5.41) is 0. The molecule has 18 heavy (non-hydrogen) atoms. The van der Waals surface area contributed by atoms with Gasteiger partial charge in [-0.15, -0.1) is 0 Å². The Labute approximate surface area is 109 Å². The first-order valence-electron chi connectivity index (χ1n) is 6.90. The molecule has 2 aliphatic rings. The summed E-state index contributed by atoms with van der Waals surface area (Å²) in [6.07, 6.45) is 4.87. The highest BCUT2D eigenvalue weighted by atomic mass is 16.5. The van der Waals surface area contributed by atoms with Gasteiger partial charge in [-0.2, -0.15) is 0 Å². The van der Waals surface area contributed by atoms with Crippen LogP contribution in [0.1, 0.15) is 36.8 Å². The summed E-state index contributed by atoms with van der Waals surface area (Å²) in [5.74, 6) is 0.995. The Morgan fingerprint density at radius 2 is 2.00 bits per heavy atom. The Balaban J connectivity index is 1.84. The normalized spacial score (nSPS) is 22.1. The van der Waals surface area contributed by atoms with E-state index in [1.54, 1.807) is 7.11 Å². The smallest absolute Gasteiger partial charge is 0.123 e. The molecule has 98 valence electrons. The number of hydrogen-bond acceptors (Lipinski definition) is 3. The molecule has 3 nitrogen and oxygen atoms in total. The van der Waals surface area contributed by atoms with Gasteiger partial charge in [-0.1, -0.05) is 6.07 Å². The van der Waals surface area contributed by atoms with Crippen molar-refractivity contribution >= 4 is 0 Å². The van der Waals surface area contributed by atoms with Gasteiger partial charge in [0.1, 0.15) is 5.75 Å². The molecule has 1 aromatic rings. The predicted molar refractivity (Wildman–Crippen MR) is 72.6 cm³/mol. The van der Waals surface area contributed by atoms with Crippen molar-refractivity contribution in [3.63, 3.8) is 0 Å². The number of methoxy groups -OCH3 is 1. The quantitative estimate of drug-likeness (QED) is 0.885. The fraction of sp³-hybridized carbons (Fsp3) is 0.600. The monoisotopic (exact) mass is 246 g/mol. The fourth-order valence-electron chi connectivity index (χ4n) is 2.82. The third-order valence-corrected chi connectivity index (χ3v) is 4.24. The largest absolute Gasteiger partial charge is 0.496 e. The minimum Gasteiger partial charge on any atom is -0.496 e. The summed E-state index contributed by atoms with van der Waals surface area (Å²) >= 11 is 0. The topological polar surface area (TPSA) is 38.5 Å². The number of hydrogen-bond donors (Lipinski definition) is 1. The zero-order valence-corrected chi connectivity index (χ0v) is 11.1. The number of benzene rings is 1. The lowest BCUT2D eigenvalue weighted by Crippen LogP contribution is -2.21. The van der Waals surface area contributed by atoms with Gasteiger partial charge in [0.25, 0.3) is 0 Å². The van der Waals surface area contributed by atoms with Gasteiger partial charge in [-0.05, 0) is 56.5 Å². The molecule has 3 rings (SSSR count). The zero-order chi connectivity index (χ0) is 12.6. The Hall–Kier alpha value is -1.06. The Morgan fingerprint density at radius 3 is 2.61 bits per heavy atom. The van der Waals surface area contributed by atoms with Crippen molar-refractivity contribution in [2.45, 2.75) is 37.8 Å². The van der Waals surface area contributed by atoms with Crippen molar-refractivity contribution in [3.05, 3.63) is 29.3 Å². The van der Waals surface area contributed by atoms with Crippen LogP contribution in [0.5, 0.6) is 5.75 Å². The van der Waals surface area contributed by atoms with E-state index in [1.807, 2.05) is 0 Å². The molecule has 1 aliphatic heterocycles. The Bertz CT molecular complexity index is 434. The molecule has 0 spiro atoms. The molecule has 0 bridgehead atoms. The highest BCUT2D eigenvalue weighted by molar-refractivity contribution is 5.41. The second kappa shape index (κ2) is 4.56. The van der Waals surface area contributed by atoms with Crippen molar-refractivity contribution in [1.29, 1.82) is 0 Å². The molecule has 0 atom stereocenters. The molecule has 0 amide bonds. The minimum atomic E-state index is -0.0496. The maximum atomic E-state index is 6.28. The average molecular weight is 246 g/mol. The number of likely N-dealkylation sites (tertiary alicyclic amines) is 1. The van der Waals surface area contributed by atoms with Crippen LogP contribution >= 0.6 is 0 Å². The first-order chi connectivity index (χ1) is 8.71. The van der Waals surface area contributed by atoms with E-state index in [1.165, 1.54) is 37.1 Å². The Morgan fingerprint density at radius 1 is 1.28 bits per heavy atom. The summed E-state index contributed by atoms with van der Waals surface area (Å²) in [7, 11) is 1.75. The van der Waals surface area contributed by atoms with Crippen molar-refractivity contribution in [2.24, 2.45) is 5.73 Å². The van der Waals surface area contributed by atoms with Crippen molar-refractivity contribution in [2.75, 3.05) is 20.2 Å². The molecule has 3 heteroatoms. The summed E-state index contributed by atoms with van der Waals surface area (Å²) in [5.41, 5.74) is 8.79. The molecule has 0 radical (unpaired) electrons. The zero-order valence-electron chi connectivity index (χ0n) is 11.1. The van der Waals surface area contributed by atoms with Crippen LogP contribution < -0.4 is 10.5 Å². The van der Waals surface area contributed by atoms with Crippen molar-refractivity contribution in [3.8, 4) is 5.75 Å². The number of nitrogens with zero attached hydrogens (tertiary/aromatic N) is 1. The summed E-state index contributed by atoms with van der Waals surface area (Å²) in [6, 6.07) is 6.46. The van der Waals surface area contributed by atoms with E-state index in [9.17, 15) is 0 Å². The van der Waals surface area contributed by atoms with Gasteiger partial charge in [-0.3, -0.25) is 4.90 Å². The summed E-state index contributed by atoms with van der Waals surface area (Å²) in [6.45, 7) is 3.41. The van der Waals surface area contributed by atoms with Crippen LogP contribution in [-0.4, -0.2) is 25.1 Å². The second-order valence-corrected chi connectivity index (χ2v) is 5.67. The maximum Gasteiger partial charge on any atom is 0.123 e. The van der Waals surface area contributed by atoms with E-state index in [-0.39, 0.29) is 5.54 Å². The Kier molecular flexibility index (Phi) is 3.04. The van der Waals surface area contributed by atoms with Crippen molar-refractivity contribution in [1.82, 2.24) is 4.90 Å². The molecule has 0 aromatic heterocycles. The molecule has 1 aliphatic carbocycles. The lowest BCUT2D eigenvalue weighted by molar-refractivity contribution is 0.320. The third kappa shape index (κ3) is 2.25. The van der Waals surface area contributed by atoms with Crippen LogP contribution in [0.15, 0.2) is 18.2 Å². The molecule has 1 heterocycles. The molecular formula is C15H22N2O. The molecule has 0 unspecified atom stereocenters. The number of rotatable bonds is 4. The second-order valence-electron chi connectivity index (χ2n) is 5.67. The summed E-state index contributed by atoms with van der Waals surface area (Å²) in [4.78, 5) is 2.50. The fourth-order valence-corrected chi connectivity index (χ4v) is 2.82. The van der Waals surface area contributed by atoms with E-state index >= 15 is 0 Å². The van der Waals surface area contributed by atoms with Gasteiger partial charge in [0.15, 0.2) is 0 Å². The molecule has 1 saturated heterocycles.